The van der Waals surface area contributed by atoms with Gasteiger partial charge in [-0.25, -0.2) is 8.42 Å². The summed E-state index contributed by atoms with van der Waals surface area (Å²) in [5.74, 6) is 2.20. The quantitative estimate of drug-likeness (QED) is 0.825. The Morgan fingerprint density at radius 1 is 1.12 bits per heavy atom. The van der Waals surface area contributed by atoms with Crippen molar-refractivity contribution in [2.45, 2.75) is 36.7 Å². The third kappa shape index (κ3) is 3.48. The Bertz CT molecular complexity index is 879. The number of hydrogen-bond donors (Lipinski definition) is 1. The fourth-order valence-electron chi connectivity index (χ4n) is 3.56. The predicted octanol–water partition coefficient (Wildman–Crippen LogP) is 2.02. The summed E-state index contributed by atoms with van der Waals surface area (Å²) < 4.78 is 29.4. The summed E-state index contributed by atoms with van der Waals surface area (Å²) in [5, 5.41) is 12.2. The number of rotatable bonds is 3. The van der Waals surface area contributed by atoms with E-state index in [1.165, 1.54) is 4.31 Å². The van der Waals surface area contributed by atoms with Crippen molar-refractivity contribution in [3.63, 3.8) is 0 Å². The topological polar surface area (TPSA) is 80.1 Å². The zero-order chi connectivity index (χ0) is 17.4. The molecule has 2 aromatic rings. The number of piperidine rings is 1. The van der Waals surface area contributed by atoms with Gasteiger partial charge in [0.15, 0.2) is 0 Å². The van der Waals surface area contributed by atoms with Crippen molar-refractivity contribution in [2.75, 3.05) is 19.6 Å². The molecule has 0 atom stereocenters. The minimum atomic E-state index is -3.55. The van der Waals surface area contributed by atoms with E-state index in [1.54, 1.807) is 24.3 Å². The Kier molecular flexibility index (Phi) is 5.88. The fraction of sp³-hybridized carbons (Fsp3) is 0.500. The van der Waals surface area contributed by atoms with E-state index < -0.39 is 10.0 Å². The molecular weight excluding hydrogens is 397 g/mol. The molecule has 1 fully saturated rings. The van der Waals surface area contributed by atoms with Crippen LogP contribution in [0.3, 0.4) is 0 Å². The van der Waals surface area contributed by atoms with Crippen LogP contribution in [0.2, 0.25) is 5.02 Å². The highest BCUT2D eigenvalue weighted by Crippen LogP contribution is 2.32. The van der Waals surface area contributed by atoms with E-state index in [0.717, 1.165) is 44.1 Å². The molecule has 26 heavy (non-hydrogen) atoms. The van der Waals surface area contributed by atoms with Crippen molar-refractivity contribution in [1.29, 1.82) is 0 Å². The Morgan fingerprint density at radius 3 is 2.58 bits per heavy atom. The second-order valence-electron chi connectivity index (χ2n) is 6.41. The lowest BCUT2D eigenvalue weighted by Gasteiger charge is -2.31. The Labute approximate surface area is 164 Å². The largest absolute Gasteiger partial charge is 0.312 e. The number of fused-ring (bicyclic) bond motifs is 1. The number of aromatic nitrogens is 3. The van der Waals surface area contributed by atoms with Crippen molar-refractivity contribution in [2.24, 2.45) is 0 Å². The standard InChI is InChI=1S/C16H20ClN5O2S.ClH/c17-13-3-1-2-4-14(13)25(23,24)21-8-5-12(6-9-21)16-20-19-15-11-18-7-10-22(15)16;/h1-4,12,18H,5-11H2;1H. The molecule has 0 spiro atoms. The normalized spacial score (nSPS) is 19.0. The van der Waals surface area contributed by atoms with Crippen LogP contribution in [0.1, 0.15) is 30.4 Å². The van der Waals surface area contributed by atoms with E-state index in [1.807, 2.05) is 0 Å². The molecule has 0 unspecified atom stereocenters. The molecule has 0 radical (unpaired) electrons. The lowest BCUT2D eigenvalue weighted by atomic mass is 9.97. The zero-order valence-electron chi connectivity index (χ0n) is 14.1. The summed E-state index contributed by atoms with van der Waals surface area (Å²) in [6, 6.07) is 6.60. The Morgan fingerprint density at radius 2 is 1.85 bits per heavy atom. The van der Waals surface area contributed by atoms with Crippen LogP contribution < -0.4 is 5.32 Å². The van der Waals surface area contributed by atoms with Crippen LogP contribution in [0.5, 0.6) is 0 Å². The molecule has 0 aliphatic carbocycles. The van der Waals surface area contributed by atoms with Gasteiger partial charge in [-0.2, -0.15) is 4.31 Å². The van der Waals surface area contributed by atoms with E-state index in [-0.39, 0.29) is 28.2 Å². The highest BCUT2D eigenvalue weighted by atomic mass is 35.5. The molecule has 1 saturated heterocycles. The monoisotopic (exact) mass is 417 g/mol. The summed E-state index contributed by atoms with van der Waals surface area (Å²) in [4.78, 5) is 0.182. The molecule has 1 aromatic heterocycles. The Balaban J connectivity index is 0.00000196. The van der Waals surface area contributed by atoms with Gasteiger partial charge in [0.2, 0.25) is 10.0 Å². The summed E-state index contributed by atoms with van der Waals surface area (Å²) in [7, 11) is -3.55. The molecule has 7 nitrogen and oxygen atoms in total. The van der Waals surface area contributed by atoms with Gasteiger partial charge in [-0.15, -0.1) is 22.6 Å². The summed E-state index contributed by atoms with van der Waals surface area (Å²) in [6.45, 7) is 3.47. The molecule has 0 amide bonds. The van der Waals surface area contributed by atoms with Crippen LogP contribution >= 0.6 is 24.0 Å². The van der Waals surface area contributed by atoms with Crippen molar-refractivity contribution >= 4 is 34.0 Å². The average Bonchev–Trinajstić information content (AvgIpc) is 3.06. The molecule has 4 rings (SSSR count). The third-order valence-corrected chi connectivity index (χ3v) is 7.32. The first-order valence-corrected chi connectivity index (χ1v) is 10.3. The molecule has 0 saturated carbocycles. The van der Waals surface area contributed by atoms with Crippen LogP contribution in [0.4, 0.5) is 0 Å². The summed E-state index contributed by atoms with van der Waals surface area (Å²) >= 11 is 6.08. The van der Waals surface area contributed by atoms with Crippen molar-refractivity contribution in [3.8, 4) is 0 Å². The molecule has 1 N–H and O–H groups in total. The van der Waals surface area contributed by atoms with Gasteiger partial charge in [0.25, 0.3) is 0 Å². The number of nitrogens with one attached hydrogen (secondary N) is 1. The summed E-state index contributed by atoms with van der Waals surface area (Å²) in [6.07, 6.45) is 1.49. The SMILES string of the molecule is Cl.O=S(=O)(c1ccccc1Cl)N1CCC(c2nnc3n2CCNC3)CC1. The summed E-state index contributed by atoms with van der Waals surface area (Å²) in [5.41, 5.74) is 0. The molecule has 142 valence electrons. The molecular formula is C16H21Cl2N5O2S. The van der Waals surface area contributed by atoms with Crippen LogP contribution in [-0.4, -0.2) is 47.1 Å². The average molecular weight is 418 g/mol. The van der Waals surface area contributed by atoms with Gasteiger partial charge < -0.3 is 9.88 Å². The van der Waals surface area contributed by atoms with Gasteiger partial charge in [-0.3, -0.25) is 0 Å². The lowest BCUT2D eigenvalue weighted by Crippen LogP contribution is -2.39. The van der Waals surface area contributed by atoms with Gasteiger partial charge in [0.1, 0.15) is 16.5 Å². The molecule has 2 aliphatic rings. The van der Waals surface area contributed by atoms with Crippen molar-refractivity contribution in [1.82, 2.24) is 24.4 Å². The maximum atomic E-state index is 12.8. The van der Waals surface area contributed by atoms with Gasteiger partial charge in [0, 0.05) is 32.1 Å². The molecule has 2 aliphatic heterocycles. The highest BCUT2D eigenvalue weighted by molar-refractivity contribution is 7.89. The van der Waals surface area contributed by atoms with Crippen molar-refractivity contribution < 1.29 is 8.42 Å². The maximum absolute atomic E-state index is 12.8. The second kappa shape index (κ2) is 7.82. The minimum absolute atomic E-state index is 0. The van der Waals surface area contributed by atoms with E-state index >= 15 is 0 Å². The lowest BCUT2D eigenvalue weighted by molar-refractivity contribution is 0.307. The number of nitrogens with zero attached hydrogens (tertiary/aromatic N) is 4. The first kappa shape index (κ1) is 19.6. The van der Waals surface area contributed by atoms with Crippen LogP contribution in [0, 0.1) is 0 Å². The van der Waals surface area contributed by atoms with E-state index in [0.29, 0.717) is 13.1 Å². The zero-order valence-corrected chi connectivity index (χ0v) is 16.5. The van der Waals surface area contributed by atoms with Gasteiger partial charge >= 0.3 is 0 Å². The van der Waals surface area contributed by atoms with E-state index in [2.05, 4.69) is 20.1 Å². The van der Waals surface area contributed by atoms with E-state index in [4.69, 9.17) is 11.6 Å². The molecule has 0 bridgehead atoms. The van der Waals surface area contributed by atoms with Crippen LogP contribution in [-0.2, 0) is 23.1 Å². The van der Waals surface area contributed by atoms with Gasteiger partial charge in [-0.05, 0) is 25.0 Å². The molecule has 10 heteroatoms. The molecule has 3 heterocycles. The number of benzene rings is 1. The number of halogens is 2. The third-order valence-electron chi connectivity index (χ3n) is 4.92. The predicted molar refractivity (Wildman–Crippen MR) is 101 cm³/mol. The smallest absolute Gasteiger partial charge is 0.244 e. The second-order valence-corrected chi connectivity index (χ2v) is 8.73. The first-order chi connectivity index (χ1) is 12.1. The number of hydrogen-bond acceptors (Lipinski definition) is 5. The Hall–Kier alpha value is -1.19. The molecule has 1 aromatic carbocycles. The highest BCUT2D eigenvalue weighted by Gasteiger charge is 2.33. The van der Waals surface area contributed by atoms with Gasteiger partial charge in [-0.1, -0.05) is 23.7 Å². The van der Waals surface area contributed by atoms with Gasteiger partial charge in [0.05, 0.1) is 11.6 Å². The van der Waals surface area contributed by atoms with Crippen molar-refractivity contribution in [3.05, 3.63) is 40.9 Å². The minimum Gasteiger partial charge on any atom is -0.312 e. The fourth-order valence-corrected chi connectivity index (χ4v) is 5.53. The first-order valence-electron chi connectivity index (χ1n) is 8.45. The number of sulfonamides is 1. The maximum Gasteiger partial charge on any atom is 0.244 e. The van der Waals surface area contributed by atoms with Crippen LogP contribution in [0.15, 0.2) is 29.2 Å². The van der Waals surface area contributed by atoms with E-state index in [9.17, 15) is 8.42 Å². The van der Waals surface area contributed by atoms with Crippen LogP contribution in [0.25, 0.3) is 0 Å².